The Labute approximate surface area is 213 Å². The maximum absolute atomic E-state index is 13.3. The lowest BCUT2D eigenvalue weighted by atomic mass is 9.95. The Kier molecular flexibility index (Phi) is 5.96. The van der Waals surface area contributed by atoms with E-state index in [1.54, 1.807) is 48.3 Å². The molecule has 186 valence electrons. The van der Waals surface area contributed by atoms with Gasteiger partial charge in [-0.1, -0.05) is 18.7 Å². The molecule has 9 heteroatoms. The molecule has 0 spiro atoms. The Hall–Kier alpha value is -4.92. The highest BCUT2D eigenvalue weighted by atomic mass is 16.5. The molecule has 0 bridgehead atoms. The van der Waals surface area contributed by atoms with Crippen LogP contribution in [0.4, 0.5) is 5.69 Å². The molecule has 0 atom stereocenters. The van der Waals surface area contributed by atoms with Gasteiger partial charge in [0.1, 0.15) is 5.75 Å². The molecule has 0 radical (unpaired) electrons. The van der Waals surface area contributed by atoms with Crippen molar-refractivity contribution in [3.63, 3.8) is 0 Å². The number of nitrogens with one attached hydrogen (secondary N) is 1. The SMILES string of the molecule is C=C(CN1Cc2c(cc(NC(=O)c3ccc(OC)cc3)cc2-c2ccc3cnn(C)c3c2)C1=O)C(N)=O. The third kappa shape index (κ3) is 4.42. The number of hydrogen-bond acceptors (Lipinski definition) is 5. The number of carbonyl (C=O) groups excluding carboxylic acids is 3. The Morgan fingerprint density at radius 2 is 1.84 bits per heavy atom. The number of nitrogens with zero attached hydrogens (tertiary/aromatic N) is 3. The number of rotatable bonds is 7. The number of anilines is 1. The molecule has 0 saturated carbocycles. The second kappa shape index (κ2) is 9.27. The Bertz CT molecular complexity index is 1590. The van der Waals surface area contributed by atoms with Crippen LogP contribution in [0.5, 0.6) is 5.75 Å². The molecular weight excluding hydrogens is 470 g/mol. The van der Waals surface area contributed by atoms with Gasteiger partial charge >= 0.3 is 0 Å². The van der Waals surface area contributed by atoms with Gasteiger partial charge in [0.15, 0.2) is 0 Å². The summed E-state index contributed by atoms with van der Waals surface area (Å²) < 4.78 is 6.94. The molecule has 0 aliphatic carbocycles. The summed E-state index contributed by atoms with van der Waals surface area (Å²) in [5.41, 5.74) is 10.3. The van der Waals surface area contributed by atoms with Crippen molar-refractivity contribution >= 4 is 34.3 Å². The van der Waals surface area contributed by atoms with Gasteiger partial charge in [-0.25, -0.2) is 0 Å². The lowest BCUT2D eigenvalue weighted by Crippen LogP contribution is -2.30. The van der Waals surface area contributed by atoms with E-state index in [1.165, 1.54) is 4.90 Å². The average Bonchev–Trinajstić information content (AvgIpc) is 3.42. The van der Waals surface area contributed by atoms with Crippen molar-refractivity contribution in [1.29, 1.82) is 0 Å². The highest BCUT2D eigenvalue weighted by molar-refractivity contribution is 6.07. The quantitative estimate of drug-likeness (QED) is 0.380. The van der Waals surface area contributed by atoms with E-state index in [0.29, 0.717) is 22.6 Å². The number of benzene rings is 3. The summed E-state index contributed by atoms with van der Waals surface area (Å²) in [6.07, 6.45) is 1.79. The normalized spacial score (nSPS) is 12.5. The van der Waals surface area contributed by atoms with Crippen LogP contribution in [-0.4, -0.2) is 46.1 Å². The van der Waals surface area contributed by atoms with Gasteiger partial charge in [-0.15, -0.1) is 0 Å². The highest BCUT2D eigenvalue weighted by Crippen LogP contribution is 2.37. The molecule has 9 nitrogen and oxygen atoms in total. The van der Waals surface area contributed by atoms with E-state index in [4.69, 9.17) is 10.5 Å². The van der Waals surface area contributed by atoms with Crippen molar-refractivity contribution < 1.29 is 19.1 Å². The van der Waals surface area contributed by atoms with Crippen LogP contribution >= 0.6 is 0 Å². The molecule has 2 heterocycles. The standard InChI is InChI=1S/C28H25N5O4/c1-16(26(29)34)14-33-15-24-22(18-4-5-19-13-30-32(2)25(19)10-18)11-20(12-23(24)28(33)36)31-27(35)17-6-8-21(37-3)9-7-17/h4-13H,1,14-15H2,2-3H3,(H2,29,34)(H,31,35). The summed E-state index contributed by atoms with van der Waals surface area (Å²) in [4.78, 5) is 39.4. The number of nitrogens with two attached hydrogens (primary N) is 1. The zero-order chi connectivity index (χ0) is 26.3. The number of ether oxygens (including phenoxy) is 1. The van der Waals surface area contributed by atoms with Gasteiger partial charge in [0.05, 0.1) is 25.4 Å². The second-order valence-corrected chi connectivity index (χ2v) is 8.90. The fraction of sp³-hybridized carbons (Fsp3) is 0.143. The molecule has 37 heavy (non-hydrogen) atoms. The van der Waals surface area contributed by atoms with E-state index in [9.17, 15) is 14.4 Å². The number of aromatic nitrogens is 2. The van der Waals surface area contributed by atoms with Crippen LogP contribution in [0.3, 0.4) is 0 Å². The summed E-state index contributed by atoms with van der Waals surface area (Å²) in [6, 6.07) is 16.2. The molecule has 0 fully saturated rings. The van der Waals surface area contributed by atoms with Gasteiger partial charge in [-0.05, 0) is 59.2 Å². The van der Waals surface area contributed by atoms with Crippen LogP contribution in [0.15, 0.2) is 72.9 Å². The van der Waals surface area contributed by atoms with Gasteiger partial charge in [-0.2, -0.15) is 5.10 Å². The monoisotopic (exact) mass is 495 g/mol. The number of hydrogen-bond donors (Lipinski definition) is 2. The fourth-order valence-corrected chi connectivity index (χ4v) is 4.49. The van der Waals surface area contributed by atoms with Gasteiger partial charge in [0.25, 0.3) is 11.8 Å². The number of primary amides is 1. The lowest BCUT2D eigenvalue weighted by molar-refractivity contribution is -0.114. The molecule has 1 aromatic heterocycles. The van der Waals surface area contributed by atoms with Crippen molar-refractivity contribution in [3.8, 4) is 16.9 Å². The number of methoxy groups -OCH3 is 1. The molecule has 4 aromatic rings. The Morgan fingerprint density at radius 1 is 1.11 bits per heavy atom. The van der Waals surface area contributed by atoms with Gasteiger partial charge in [-0.3, -0.25) is 19.1 Å². The number of amides is 3. The molecule has 3 N–H and O–H groups in total. The second-order valence-electron chi connectivity index (χ2n) is 8.90. The zero-order valence-corrected chi connectivity index (χ0v) is 20.4. The Morgan fingerprint density at radius 3 is 2.54 bits per heavy atom. The average molecular weight is 496 g/mol. The molecule has 3 aromatic carbocycles. The first kappa shape index (κ1) is 23.8. The summed E-state index contributed by atoms with van der Waals surface area (Å²) in [5.74, 6) is -0.593. The van der Waals surface area contributed by atoms with Crippen molar-refractivity contribution in [2.24, 2.45) is 12.8 Å². The van der Waals surface area contributed by atoms with E-state index in [2.05, 4.69) is 17.0 Å². The third-order valence-corrected chi connectivity index (χ3v) is 6.52. The maximum Gasteiger partial charge on any atom is 0.255 e. The van der Waals surface area contributed by atoms with Crippen molar-refractivity contribution in [1.82, 2.24) is 14.7 Å². The minimum atomic E-state index is -0.655. The zero-order valence-electron chi connectivity index (χ0n) is 20.4. The smallest absolute Gasteiger partial charge is 0.255 e. The fourth-order valence-electron chi connectivity index (χ4n) is 4.49. The number of aryl methyl sites for hydroxylation is 1. The van der Waals surface area contributed by atoms with Crippen LogP contribution in [0, 0.1) is 0 Å². The summed E-state index contributed by atoms with van der Waals surface area (Å²) in [6.45, 7) is 4.00. The van der Waals surface area contributed by atoms with Crippen LogP contribution in [0.25, 0.3) is 22.0 Å². The first-order valence-electron chi connectivity index (χ1n) is 11.6. The maximum atomic E-state index is 13.3. The van der Waals surface area contributed by atoms with Crippen LogP contribution in [0.2, 0.25) is 0 Å². The number of carbonyl (C=O) groups is 3. The molecule has 5 rings (SSSR count). The first-order valence-corrected chi connectivity index (χ1v) is 11.6. The minimum Gasteiger partial charge on any atom is -0.497 e. The molecule has 3 amide bonds. The van der Waals surface area contributed by atoms with Gasteiger partial charge in [0.2, 0.25) is 5.91 Å². The number of fused-ring (bicyclic) bond motifs is 2. The molecule has 1 aliphatic heterocycles. The largest absolute Gasteiger partial charge is 0.497 e. The molecule has 0 unspecified atom stereocenters. The van der Waals surface area contributed by atoms with Gasteiger partial charge < -0.3 is 20.7 Å². The van der Waals surface area contributed by atoms with E-state index >= 15 is 0 Å². The van der Waals surface area contributed by atoms with Crippen LogP contribution in [-0.2, 0) is 18.4 Å². The lowest BCUT2D eigenvalue weighted by Gasteiger charge is -2.16. The van der Waals surface area contributed by atoms with Crippen LogP contribution < -0.4 is 15.8 Å². The van der Waals surface area contributed by atoms with E-state index in [0.717, 1.165) is 27.6 Å². The summed E-state index contributed by atoms with van der Waals surface area (Å²) in [7, 11) is 3.42. The highest BCUT2D eigenvalue weighted by Gasteiger charge is 2.31. The van der Waals surface area contributed by atoms with Gasteiger partial charge in [0, 0.05) is 41.4 Å². The molecule has 1 aliphatic rings. The van der Waals surface area contributed by atoms with Crippen molar-refractivity contribution in [2.75, 3.05) is 19.0 Å². The third-order valence-electron chi connectivity index (χ3n) is 6.52. The summed E-state index contributed by atoms with van der Waals surface area (Å²) >= 11 is 0. The van der Waals surface area contributed by atoms with Crippen molar-refractivity contribution in [3.05, 3.63) is 89.6 Å². The minimum absolute atomic E-state index is 0.0244. The molecular formula is C28H25N5O4. The Balaban J connectivity index is 1.56. The van der Waals surface area contributed by atoms with E-state index in [-0.39, 0.29) is 30.5 Å². The van der Waals surface area contributed by atoms with E-state index in [1.807, 2.05) is 31.3 Å². The summed E-state index contributed by atoms with van der Waals surface area (Å²) in [5, 5.41) is 8.22. The van der Waals surface area contributed by atoms with Crippen LogP contribution in [0.1, 0.15) is 26.3 Å². The first-order chi connectivity index (χ1) is 17.7. The molecule has 0 saturated heterocycles. The topological polar surface area (TPSA) is 120 Å². The predicted molar refractivity (Wildman–Crippen MR) is 140 cm³/mol. The van der Waals surface area contributed by atoms with Crippen molar-refractivity contribution in [2.45, 2.75) is 6.54 Å². The van der Waals surface area contributed by atoms with E-state index < -0.39 is 5.91 Å². The predicted octanol–water partition coefficient (Wildman–Crippen LogP) is 3.50.